The van der Waals surface area contributed by atoms with Crippen molar-refractivity contribution in [2.24, 2.45) is 35.2 Å². The van der Waals surface area contributed by atoms with E-state index in [2.05, 4.69) is 456 Å². The molecule has 0 saturated carbocycles. The fraction of sp³-hybridized carbons (Fsp3) is 0.444. The van der Waals surface area contributed by atoms with E-state index in [1.807, 2.05) is 23.2 Å². The van der Waals surface area contributed by atoms with Gasteiger partial charge in [0, 0.05) is 51.0 Å². The highest BCUT2D eigenvalue weighted by Crippen LogP contribution is 2.45. The zero-order valence-electron chi connectivity index (χ0n) is 102. The van der Waals surface area contributed by atoms with Crippen molar-refractivity contribution < 1.29 is 32.4 Å². The zero-order chi connectivity index (χ0) is 110. The van der Waals surface area contributed by atoms with Crippen LogP contribution in [0.4, 0.5) is 0 Å². The first-order valence-corrected chi connectivity index (χ1v) is 52.8. The third kappa shape index (κ3) is 23.9. The van der Waals surface area contributed by atoms with Crippen LogP contribution in [-0.4, -0.2) is 0 Å². The van der Waals surface area contributed by atoms with Gasteiger partial charge in [0.2, 0.25) is 28.5 Å². The summed E-state index contributed by atoms with van der Waals surface area (Å²) in [6, 6.07) is 61.2. The van der Waals surface area contributed by atoms with Crippen LogP contribution in [0.15, 0.2) is 200 Å². The van der Waals surface area contributed by atoms with Gasteiger partial charge in [0.05, 0.1) is 61.6 Å². The van der Waals surface area contributed by atoms with Gasteiger partial charge < -0.3 is 0 Å². The molecule has 0 aliphatic carbocycles. The molecule has 740 valence electrons. The fourth-order valence-corrected chi connectivity index (χ4v) is 19.8. The van der Waals surface area contributed by atoms with Crippen LogP contribution in [0.5, 0.6) is 0 Å². The van der Waals surface area contributed by atoms with Crippen LogP contribution in [0.25, 0.3) is 110 Å². The Morgan fingerprint density at radius 1 is 0.257 bits per heavy atom. The highest BCUT2D eigenvalue weighted by atomic mass is 15.0. The molecule has 5 aromatic heterocycles. The molecular weight excluding hydrogens is 1690 g/mol. The maximum Gasteiger partial charge on any atom is 0.220 e. The zero-order valence-corrected chi connectivity index (χ0v) is 94.9. The maximum absolute atomic E-state index is 8.80. The van der Waals surface area contributed by atoms with Crippen molar-refractivity contribution in [1.82, 2.24) is 0 Å². The number of hydrogen-bond acceptors (Lipinski definition) is 0. The Labute approximate surface area is 859 Å². The Morgan fingerprint density at radius 2 is 0.550 bits per heavy atom. The summed E-state index contributed by atoms with van der Waals surface area (Å²) in [7, 11) is 10.1. The molecule has 10 aromatic carbocycles. The van der Waals surface area contributed by atoms with Crippen molar-refractivity contribution >= 4 is 53.9 Å². The molecule has 5 heteroatoms. The molecule has 5 unspecified atom stereocenters. The molecule has 0 amide bonds. The molecule has 0 bridgehead atoms. The molecule has 0 spiro atoms. The minimum absolute atomic E-state index is 0.0113. The topological polar surface area (TPSA) is 19.4 Å². The second-order valence-corrected chi connectivity index (χ2v) is 46.7. The Balaban J connectivity index is 0.000000175. The highest BCUT2D eigenvalue weighted by Gasteiger charge is 2.33. The number of aryl methyl sites for hydroxylation is 3. The summed E-state index contributed by atoms with van der Waals surface area (Å²) < 4.78 is 71.5. The summed E-state index contributed by atoms with van der Waals surface area (Å²) in [4.78, 5) is 0. The summed E-state index contributed by atoms with van der Waals surface area (Å²) in [5.41, 5.74) is 40.1. The van der Waals surface area contributed by atoms with Crippen molar-refractivity contribution in [2.75, 3.05) is 0 Å². The third-order valence-electron chi connectivity index (χ3n) is 31.4. The third-order valence-corrected chi connectivity index (χ3v) is 31.4. The first-order valence-electron chi connectivity index (χ1n) is 56.3. The molecule has 0 aliphatic rings. The Morgan fingerprint density at radius 3 is 0.879 bits per heavy atom. The number of nitrogens with zero attached hydrogens (tertiary/aromatic N) is 5. The van der Waals surface area contributed by atoms with Gasteiger partial charge in [-0.1, -0.05) is 291 Å². The second kappa shape index (κ2) is 44.4. The quantitative estimate of drug-likeness (QED) is 0.0763. The first-order chi connectivity index (χ1) is 68.4. The molecular formula is C135H180N5+5. The summed E-state index contributed by atoms with van der Waals surface area (Å²) in [6.07, 6.45) is 5.97. The Hall–Kier alpha value is -10.8. The number of aromatic nitrogens is 5. The maximum atomic E-state index is 8.80. The highest BCUT2D eigenvalue weighted by molar-refractivity contribution is 5.99. The van der Waals surface area contributed by atoms with Gasteiger partial charge in [0.15, 0.2) is 29.4 Å². The summed E-state index contributed by atoms with van der Waals surface area (Å²) >= 11 is 0. The molecule has 5 nitrogen and oxygen atoms in total. The Bertz CT molecular complexity index is 7500. The molecule has 5 heterocycles. The van der Waals surface area contributed by atoms with E-state index >= 15 is 0 Å². The minimum atomic E-state index is 0.0113. The van der Waals surface area contributed by atoms with Crippen molar-refractivity contribution in [1.29, 1.82) is 0 Å². The number of benzene rings is 10. The van der Waals surface area contributed by atoms with Crippen molar-refractivity contribution in [3.05, 3.63) is 323 Å². The lowest BCUT2D eigenvalue weighted by atomic mass is 9.76. The van der Waals surface area contributed by atoms with Gasteiger partial charge in [0.25, 0.3) is 0 Å². The number of fused-ring (bicyclic) bond motifs is 5. The van der Waals surface area contributed by atoms with E-state index in [-0.39, 0.29) is 34.0 Å². The molecule has 15 aromatic rings. The molecule has 0 fully saturated rings. The van der Waals surface area contributed by atoms with E-state index in [0.717, 1.165) is 98.3 Å². The van der Waals surface area contributed by atoms with Crippen LogP contribution in [0.1, 0.15) is 406 Å². The van der Waals surface area contributed by atoms with E-state index in [1.165, 1.54) is 167 Å². The number of hydrogen-bond donors (Lipinski definition) is 0. The normalized spacial score (nSPS) is 13.9. The second-order valence-electron chi connectivity index (χ2n) is 46.7. The lowest BCUT2D eigenvalue weighted by molar-refractivity contribution is -0.665. The molecule has 0 saturated heterocycles. The van der Waals surface area contributed by atoms with Gasteiger partial charge >= 0.3 is 0 Å². The van der Waals surface area contributed by atoms with E-state index in [4.69, 9.17) is 9.60 Å². The van der Waals surface area contributed by atoms with Crippen LogP contribution in [0, 0.1) is 69.2 Å². The minimum Gasteiger partial charge on any atom is -0.200 e. The van der Waals surface area contributed by atoms with E-state index < -0.39 is 0 Å². The van der Waals surface area contributed by atoms with Gasteiger partial charge in [-0.25, -0.2) is 9.13 Å². The molecule has 0 N–H and O–H groups in total. The van der Waals surface area contributed by atoms with Crippen molar-refractivity contribution in [3.8, 4) is 56.3 Å². The average molecular weight is 1880 g/mol. The van der Waals surface area contributed by atoms with Crippen molar-refractivity contribution in [2.45, 2.75) is 364 Å². The smallest absolute Gasteiger partial charge is 0.200 e. The van der Waals surface area contributed by atoms with E-state index in [1.54, 1.807) is 0 Å². The fourth-order valence-electron chi connectivity index (χ4n) is 19.8. The lowest BCUT2D eigenvalue weighted by Crippen LogP contribution is -2.35. The SMILES string of the molecule is [2H]c1c(C)[n+](C)c(-c2cc(C(C)(C)C)cc(C)c2C)c2ccc(C(C)CC)cc12.[2H]c1c(C)[n+](C)c(-c2cc(C(C)(C)C)ccc2C)c2ccc(C(C)CC)cc12.[2H]c1c(C)[n+](C)c(-c2cc(C(C)C)cc(C)c2C)c2ccc(C(C)CC)cc12.[2H]c1c([2H])[n+](C)c(-c2cc(C(C)(C)C)cc(C(C)(C)C)c2C)c2ccc(C(C)CC)cc12.[2H]c1c([2H])[n+](C)c(-c2cc(C(C)C)cc(C(C)C)c2C)c2ccc(C(C)CC)cc12. The number of pyridine rings is 5. The summed E-state index contributed by atoms with van der Waals surface area (Å²) in [5.74, 6) is 3.75. The van der Waals surface area contributed by atoms with Crippen LogP contribution in [-0.2, 0) is 56.9 Å². The van der Waals surface area contributed by atoms with Crippen LogP contribution in [0.3, 0.4) is 0 Å². The lowest BCUT2D eigenvalue weighted by Gasteiger charge is -2.28. The van der Waals surface area contributed by atoms with Crippen LogP contribution < -0.4 is 22.8 Å². The molecule has 0 radical (unpaired) electrons. The first kappa shape index (κ1) is 99.4. The van der Waals surface area contributed by atoms with E-state index in [9.17, 15) is 0 Å². The predicted octanol–water partition coefficient (Wildman–Crippen LogP) is 35.9. The molecule has 0 aliphatic heterocycles. The largest absolute Gasteiger partial charge is 0.220 e. The Kier molecular flexibility index (Phi) is 31.5. The van der Waals surface area contributed by atoms with Gasteiger partial charge in [-0.3, -0.25) is 0 Å². The van der Waals surface area contributed by atoms with Gasteiger partial charge in [0.1, 0.15) is 38.0 Å². The van der Waals surface area contributed by atoms with Crippen LogP contribution >= 0.6 is 0 Å². The standard InChI is InChI=1S/C29H40N.2C27H36N.2C26H34N/c1-11-19(2)21-12-13-24-22(16-21)14-15-30(10)27(24)25-17-23(28(4,5)6)18-26(20(25)3)29(7,8)9;1-10-17(2)21-11-12-24-22(15-21)14-19(4)28(9)26(24)25-16-23(27(6,7)8)13-18(3)20(25)5;1-9-19(6)21-10-11-24-22(14-21)12-13-28(8)27(24)26-16-23(17(2)3)15-25(18(4)5)20(26)7;1-9-17(2)20-11-13-23-21(15-20)14-19(4)27(8)25(23)24-16-22(26(5,6)7)12-10-18(24)3;1-9-17(4)21-10-11-24-23(14-21)13-19(6)27(8)26(24)25-15-22(16(2)3)12-18(5)20(25)7/h12-19H,11H2,1-10H3;11-17H,10H2,1-9H3;10-19H,9H2,1-8H3;2*10-17H,9H2,1-8H3/q5*+1/i14D,15D;14D;12D,13D;14D;13D. The van der Waals surface area contributed by atoms with Crippen molar-refractivity contribution in [3.63, 3.8) is 0 Å². The number of rotatable bonds is 18. The molecule has 15 rings (SSSR count). The monoisotopic (exact) mass is 1880 g/mol. The molecule has 140 heavy (non-hydrogen) atoms. The predicted molar refractivity (Wildman–Crippen MR) is 611 cm³/mol. The van der Waals surface area contributed by atoms with Gasteiger partial charge in [-0.05, 0) is 343 Å². The average Bonchev–Trinajstić information content (AvgIpc) is 0.752. The van der Waals surface area contributed by atoms with Gasteiger partial charge in [-0.2, -0.15) is 13.7 Å². The van der Waals surface area contributed by atoms with Crippen LogP contribution in [0.2, 0.25) is 0 Å². The van der Waals surface area contributed by atoms with Gasteiger partial charge in [-0.15, -0.1) is 0 Å². The summed E-state index contributed by atoms with van der Waals surface area (Å²) in [6.45, 7) is 84.6. The molecule has 5 atom stereocenters. The van der Waals surface area contributed by atoms with E-state index in [0.29, 0.717) is 77.6 Å². The summed E-state index contributed by atoms with van der Waals surface area (Å²) in [5, 5.41) is 10.6.